The Balaban J connectivity index is 4.06. The summed E-state index contributed by atoms with van der Waals surface area (Å²) >= 11 is 0. The molecule has 0 aromatic heterocycles. The van der Waals surface area contributed by atoms with E-state index >= 15 is 0 Å². The highest BCUT2D eigenvalue weighted by Gasteiger charge is 2.27. The Morgan fingerprint density at radius 1 is 1.43 bits per heavy atom. The molecule has 0 aliphatic rings. The molecule has 1 N–H and O–H groups in total. The van der Waals surface area contributed by atoms with E-state index < -0.39 is 14.5 Å². The molecule has 0 amide bonds. The van der Waals surface area contributed by atoms with Crippen molar-refractivity contribution in [2.75, 3.05) is 14.2 Å². The van der Waals surface area contributed by atoms with Gasteiger partial charge in [0, 0.05) is 19.8 Å². The van der Waals surface area contributed by atoms with Crippen LogP contribution in [-0.2, 0) is 13.6 Å². The Kier molecular flexibility index (Phi) is 5.67. The van der Waals surface area contributed by atoms with Gasteiger partial charge in [0.25, 0.3) is 0 Å². The Morgan fingerprint density at radius 2 is 1.93 bits per heavy atom. The summed E-state index contributed by atoms with van der Waals surface area (Å²) in [5.74, 6) is -0.872. The minimum Gasteiger partial charge on any atom is -0.478 e. The quantitative estimate of drug-likeness (QED) is 0.545. The van der Waals surface area contributed by atoms with Crippen LogP contribution in [0.25, 0.3) is 0 Å². The molecule has 4 nitrogen and oxygen atoms in total. The third-order valence-electron chi connectivity index (χ3n) is 2.25. The highest BCUT2D eigenvalue weighted by atomic mass is 28.4. The SMILES string of the molecule is CO[Si](C)(CCC=C(C)C(=O)O)OC. The van der Waals surface area contributed by atoms with Crippen molar-refractivity contribution in [3.8, 4) is 0 Å². The lowest BCUT2D eigenvalue weighted by Crippen LogP contribution is -2.35. The minimum atomic E-state index is -2.04. The maximum atomic E-state index is 10.5. The van der Waals surface area contributed by atoms with Crippen LogP contribution in [0.5, 0.6) is 0 Å². The highest BCUT2D eigenvalue weighted by Crippen LogP contribution is 2.14. The second kappa shape index (κ2) is 5.95. The summed E-state index contributed by atoms with van der Waals surface area (Å²) in [4.78, 5) is 10.5. The molecule has 0 saturated carbocycles. The van der Waals surface area contributed by atoms with Crippen LogP contribution in [0.1, 0.15) is 13.3 Å². The van der Waals surface area contributed by atoms with Crippen LogP contribution in [0, 0.1) is 0 Å². The van der Waals surface area contributed by atoms with Gasteiger partial charge in [-0.2, -0.15) is 0 Å². The van der Waals surface area contributed by atoms with E-state index in [-0.39, 0.29) is 0 Å². The molecule has 0 aromatic carbocycles. The van der Waals surface area contributed by atoms with Gasteiger partial charge in [0.2, 0.25) is 0 Å². The van der Waals surface area contributed by atoms with Crippen LogP contribution < -0.4 is 0 Å². The normalized spacial score (nSPS) is 13.0. The van der Waals surface area contributed by atoms with E-state index in [0.29, 0.717) is 12.0 Å². The molecule has 0 aliphatic carbocycles. The van der Waals surface area contributed by atoms with E-state index in [2.05, 4.69) is 0 Å². The average Bonchev–Trinajstić information content (AvgIpc) is 2.17. The van der Waals surface area contributed by atoms with Crippen molar-refractivity contribution in [2.24, 2.45) is 0 Å². The van der Waals surface area contributed by atoms with Crippen LogP contribution in [0.3, 0.4) is 0 Å². The van der Waals surface area contributed by atoms with Gasteiger partial charge in [-0.25, -0.2) is 4.79 Å². The van der Waals surface area contributed by atoms with E-state index in [1.165, 1.54) is 0 Å². The number of allylic oxidation sites excluding steroid dienone is 1. The standard InChI is InChI=1S/C9H18O4Si/c1-8(9(10)11)6-5-7-14(4,12-2)13-3/h6H,5,7H2,1-4H3,(H,10,11). The Morgan fingerprint density at radius 3 is 2.29 bits per heavy atom. The Hall–Kier alpha value is -0.653. The molecule has 0 bridgehead atoms. The summed E-state index contributed by atoms with van der Waals surface area (Å²) < 4.78 is 10.5. The van der Waals surface area contributed by atoms with Crippen molar-refractivity contribution in [1.29, 1.82) is 0 Å². The average molecular weight is 218 g/mol. The molecule has 0 aliphatic heterocycles. The van der Waals surface area contributed by atoms with Gasteiger partial charge in [0.1, 0.15) is 0 Å². The number of rotatable bonds is 6. The van der Waals surface area contributed by atoms with Gasteiger partial charge in [-0.1, -0.05) is 6.08 Å². The number of carboxylic acids is 1. The zero-order chi connectivity index (χ0) is 11.2. The Bertz CT molecular complexity index is 221. The highest BCUT2D eigenvalue weighted by molar-refractivity contribution is 6.65. The van der Waals surface area contributed by atoms with Crippen molar-refractivity contribution < 1.29 is 18.8 Å². The summed E-state index contributed by atoms with van der Waals surface area (Å²) in [6, 6.07) is 0.768. The number of carbonyl (C=O) groups is 1. The van der Waals surface area contributed by atoms with Crippen molar-refractivity contribution in [1.82, 2.24) is 0 Å². The molecule has 82 valence electrons. The van der Waals surface area contributed by atoms with E-state index in [1.807, 2.05) is 6.55 Å². The number of carboxylic acid groups (broad SMARTS) is 1. The smallest absolute Gasteiger partial charge is 0.334 e. The molecule has 0 atom stereocenters. The maximum Gasteiger partial charge on any atom is 0.334 e. The molecule has 0 unspecified atom stereocenters. The summed E-state index contributed by atoms with van der Waals surface area (Å²) in [6.45, 7) is 3.54. The van der Waals surface area contributed by atoms with Crippen molar-refractivity contribution in [3.63, 3.8) is 0 Å². The fourth-order valence-electron chi connectivity index (χ4n) is 0.926. The summed E-state index contributed by atoms with van der Waals surface area (Å²) in [6.07, 6.45) is 2.38. The fraction of sp³-hybridized carbons (Fsp3) is 0.667. The number of hydrogen-bond donors (Lipinski definition) is 1. The largest absolute Gasteiger partial charge is 0.478 e. The van der Waals surface area contributed by atoms with Crippen molar-refractivity contribution in [2.45, 2.75) is 25.9 Å². The van der Waals surface area contributed by atoms with E-state index in [4.69, 9.17) is 14.0 Å². The van der Waals surface area contributed by atoms with Gasteiger partial charge in [-0.3, -0.25) is 0 Å². The van der Waals surface area contributed by atoms with E-state index in [9.17, 15) is 4.79 Å². The molecule has 0 fully saturated rings. The van der Waals surface area contributed by atoms with Crippen LogP contribution in [0.15, 0.2) is 11.6 Å². The molecule has 5 heteroatoms. The van der Waals surface area contributed by atoms with Gasteiger partial charge in [0.15, 0.2) is 0 Å². The van der Waals surface area contributed by atoms with Crippen LogP contribution in [0.4, 0.5) is 0 Å². The first-order chi connectivity index (χ1) is 6.45. The van der Waals surface area contributed by atoms with Crippen LogP contribution in [0.2, 0.25) is 12.6 Å². The third-order valence-corrected chi connectivity index (χ3v) is 5.17. The predicted octanol–water partition coefficient (Wildman–Crippen LogP) is 1.77. The molecule has 0 saturated heterocycles. The lowest BCUT2D eigenvalue weighted by Gasteiger charge is -2.21. The third kappa shape index (κ3) is 4.55. The number of aliphatic carboxylic acids is 1. The zero-order valence-electron chi connectivity index (χ0n) is 9.16. The first kappa shape index (κ1) is 13.3. The molecular weight excluding hydrogens is 200 g/mol. The first-order valence-corrected chi connectivity index (χ1v) is 6.98. The monoisotopic (exact) mass is 218 g/mol. The molecule has 0 rings (SSSR count). The van der Waals surface area contributed by atoms with E-state index in [1.54, 1.807) is 27.2 Å². The topological polar surface area (TPSA) is 55.8 Å². The molecular formula is C9H18O4Si. The van der Waals surface area contributed by atoms with Crippen LogP contribution >= 0.6 is 0 Å². The van der Waals surface area contributed by atoms with Gasteiger partial charge in [-0.15, -0.1) is 0 Å². The molecule has 0 heterocycles. The maximum absolute atomic E-state index is 10.5. The predicted molar refractivity (Wildman–Crippen MR) is 56.5 cm³/mol. The van der Waals surface area contributed by atoms with Crippen molar-refractivity contribution in [3.05, 3.63) is 11.6 Å². The summed E-state index contributed by atoms with van der Waals surface area (Å²) in [7, 11) is 1.22. The number of hydrogen-bond acceptors (Lipinski definition) is 3. The fourth-order valence-corrected chi connectivity index (χ4v) is 2.17. The lowest BCUT2D eigenvalue weighted by molar-refractivity contribution is -0.132. The van der Waals surface area contributed by atoms with Gasteiger partial charge < -0.3 is 14.0 Å². The molecule has 0 radical (unpaired) electrons. The molecule has 14 heavy (non-hydrogen) atoms. The molecule has 0 aromatic rings. The summed E-state index contributed by atoms with van der Waals surface area (Å²) in [5.41, 5.74) is 0.369. The Labute approximate surface area is 85.8 Å². The van der Waals surface area contributed by atoms with Gasteiger partial charge in [0.05, 0.1) is 0 Å². The van der Waals surface area contributed by atoms with Crippen molar-refractivity contribution >= 4 is 14.5 Å². The summed E-state index contributed by atoms with van der Waals surface area (Å²) in [5, 5.41) is 8.61. The first-order valence-electron chi connectivity index (χ1n) is 4.45. The second-order valence-corrected chi connectivity index (χ2v) is 6.86. The lowest BCUT2D eigenvalue weighted by atomic mass is 10.2. The van der Waals surface area contributed by atoms with Crippen LogP contribution in [-0.4, -0.2) is 33.9 Å². The van der Waals surface area contributed by atoms with Gasteiger partial charge >= 0.3 is 14.5 Å². The zero-order valence-corrected chi connectivity index (χ0v) is 10.2. The van der Waals surface area contributed by atoms with E-state index in [0.717, 1.165) is 6.04 Å². The van der Waals surface area contributed by atoms with Gasteiger partial charge in [-0.05, 0) is 25.9 Å². The second-order valence-electron chi connectivity index (χ2n) is 3.27. The minimum absolute atomic E-state index is 0.369. The molecule has 0 spiro atoms.